The van der Waals surface area contributed by atoms with Crippen molar-refractivity contribution in [1.29, 1.82) is 0 Å². The number of halogens is 1. The van der Waals surface area contributed by atoms with E-state index in [1.807, 2.05) is 18.2 Å². The van der Waals surface area contributed by atoms with Crippen molar-refractivity contribution in [3.63, 3.8) is 0 Å². The van der Waals surface area contributed by atoms with Crippen LogP contribution in [-0.4, -0.2) is 60.4 Å². The largest absolute Gasteiger partial charge is 0.489 e. The first-order chi connectivity index (χ1) is 11.5. The summed E-state index contributed by atoms with van der Waals surface area (Å²) >= 11 is 6.06. The molecule has 0 saturated carbocycles. The number of hydrogen-bond acceptors (Lipinski definition) is 4. The first-order valence-electron chi connectivity index (χ1n) is 8.27. The molecule has 1 unspecified atom stereocenters. The predicted octanol–water partition coefficient (Wildman–Crippen LogP) is 1.27. The molecule has 130 valence electrons. The third-order valence-corrected chi connectivity index (χ3v) is 4.62. The Labute approximate surface area is 146 Å². The van der Waals surface area contributed by atoms with Gasteiger partial charge >= 0.3 is 0 Å². The average Bonchev–Trinajstić information content (AvgIpc) is 2.73. The Kier molecular flexibility index (Phi) is 5.26. The van der Waals surface area contributed by atoms with E-state index in [1.165, 1.54) is 0 Å². The number of nitrogens with zero attached hydrogens (tertiary/aromatic N) is 2. The lowest BCUT2D eigenvalue weighted by atomic mass is 10.2. The maximum absolute atomic E-state index is 12.5. The van der Waals surface area contributed by atoms with E-state index >= 15 is 0 Å². The second-order valence-corrected chi connectivity index (χ2v) is 6.67. The number of benzene rings is 1. The number of amides is 2. The van der Waals surface area contributed by atoms with Gasteiger partial charge in [-0.25, -0.2) is 0 Å². The van der Waals surface area contributed by atoms with Gasteiger partial charge in [0.25, 0.3) is 0 Å². The molecule has 1 atom stereocenters. The van der Waals surface area contributed by atoms with Crippen molar-refractivity contribution >= 4 is 23.4 Å². The molecule has 6 nitrogen and oxygen atoms in total. The number of rotatable bonds is 3. The number of carbonyl (C=O) groups is 2. The fraction of sp³-hybridized carbons (Fsp3) is 0.529. The third-order valence-electron chi connectivity index (χ3n) is 4.38. The van der Waals surface area contributed by atoms with Crippen LogP contribution in [-0.2, 0) is 16.1 Å². The molecule has 1 saturated heterocycles. The van der Waals surface area contributed by atoms with Gasteiger partial charge in [0.1, 0.15) is 11.9 Å². The Morgan fingerprint density at radius 1 is 1.42 bits per heavy atom. The van der Waals surface area contributed by atoms with Crippen molar-refractivity contribution in [2.45, 2.75) is 26.0 Å². The molecule has 1 aromatic rings. The maximum atomic E-state index is 12.5. The van der Waals surface area contributed by atoms with Crippen molar-refractivity contribution in [2.75, 3.05) is 32.7 Å². The number of nitrogens with one attached hydrogen (secondary N) is 1. The van der Waals surface area contributed by atoms with Gasteiger partial charge in [-0.1, -0.05) is 24.6 Å². The van der Waals surface area contributed by atoms with Gasteiger partial charge in [0.2, 0.25) is 11.8 Å². The van der Waals surface area contributed by atoms with E-state index in [9.17, 15) is 9.59 Å². The Morgan fingerprint density at radius 3 is 3.00 bits per heavy atom. The monoisotopic (exact) mass is 351 g/mol. The topological polar surface area (TPSA) is 61.9 Å². The highest BCUT2D eigenvalue weighted by Gasteiger charge is 2.27. The van der Waals surface area contributed by atoms with Crippen LogP contribution >= 0.6 is 11.6 Å². The van der Waals surface area contributed by atoms with Crippen LogP contribution in [0.25, 0.3) is 0 Å². The SMILES string of the molecule is CCC1CN(CC(=O)N2CCNC(=O)C2)Cc2ccc(Cl)cc2O1. The van der Waals surface area contributed by atoms with E-state index in [1.54, 1.807) is 4.90 Å². The van der Waals surface area contributed by atoms with Crippen molar-refractivity contribution in [3.8, 4) is 5.75 Å². The Hall–Kier alpha value is -1.79. The Balaban J connectivity index is 1.71. The molecule has 1 N–H and O–H groups in total. The number of piperazine rings is 1. The predicted molar refractivity (Wildman–Crippen MR) is 91.0 cm³/mol. The lowest BCUT2D eigenvalue weighted by molar-refractivity contribution is -0.139. The Morgan fingerprint density at radius 2 is 2.25 bits per heavy atom. The highest BCUT2D eigenvalue weighted by atomic mass is 35.5. The number of hydrogen-bond donors (Lipinski definition) is 1. The molecular formula is C17H22ClN3O3. The van der Waals surface area contributed by atoms with E-state index in [-0.39, 0.29) is 31.0 Å². The summed E-state index contributed by atoms with van der Waals surface area (Å²) in [6.45, 7) is 4.89. The van der Waals surface area contributed by atoms with Gasteiger partial charge in [-0.3, -0.25) is 14.5 Å². The van der Waals surface area contributed by atoms with Crippen molar-refractivity contribution in [1.82, 2.24) is 15.1 Å². The maximum Gasteiger partial charge on any atom is 0.239 e. The van der Waals surface area contributed by atoms with E-state index < -0.39 is 0 Å². The first kappa shape index (κ1) is 17.0. The summed E-state index contributed by atoms with van der Waals surface area (Å²) in [5, 5.41) is 3.38. The van der Waals surface area contributed by atoms with Gasteiger partial charge in [0.15, 0.2) is 0 Å². The van der Waals surface area contributed by atoms with Crippen molar-refractivity contribution in [2.24, 2.45) is 0 Å². The van der Waals surface area contributed by atoms with E-state index in [0.29, 0.717) is 31.2 Å². The fourth-order valence-electron chi connectivity index (χ4n) is 3.05. The summed E-state index contributed by atoms with van der Waals surface area (Å²) in [6.07, 6.45) is 0.866. The molecule has 0 aliphatic carbocycles. The van der Waals surface area contributed by atoms with Gasteiger partial charge in [-0.2, -0.15) is 0 Å². The second kappa shape index (κ2) is 7.40. The zero-order valence-electron chi connectivity index (χ0n) is 13.8. The minimum absolute atomic E-state index is 0.0159. The molecule has 7 heteroatoms. The zero-order chi connectivity index (χ0) is 17.1. The standard InChI is InChI=1S/C17H22ClN3O3/c1-2-14-9-20(8-12-3-4-13(18)7-15(12)24-14)11-17(23)21-6-5-19-16(22)10-21/h3-4,7,14H,2,5-6,8-11H2,1H3,(H,19,22). The summed E-state index contributed by atoms with van der Waals surface area (Å²) < 4.78 is 6.05. The summed E-state index contributed by atoms with van der Waals surface area (Å²) in [5.74, 6) is 0.680. The summed E-state index contributed by atoms with van der Waals surface area (Å²) in [6, 6.07) is 5.62. The summed E-state index contributed by atoms with van der Waals surface area (Å²) in [5.41, 5.74) is 1.03. The van der Waals surface area contributed by atoms with E-state index in [0.717, 1.165) is 17.7 Å². The van der Waals surface area contributed by atoms with Crippen LogP contribution in [0, 0.1) is 0 Å². The van der Waals surface area contributed by atoms with Crippen LogP contribution in [0.15, 0.2) is 18.2 Å². The van der Waals surface area contributed by atoms with Crippen molar-refractivity contribution in [3.05, 3.63) is 28.8 Å². The van der Waals surface area contributed by atoms with E-state index in [2.05, 4.69) is 17.1 Å². The summed E-state index contributed by atoms with van der Waals surface area (Å²) in [4.78, 5) is 27.7. The highest BCUT2D eigenvalue weighted by molar-refractivity contribution is 6.30. The normalized spacial score (nSPS) is 21.5. The minimum Gasteiger partial charge on any atom is -0.489 e. The smallest absolute Gasteiger partial charge is 0.239 e. The first-order valence-corrected chi connectivity index (χ1v) is 8.65. The number of ether oxygens (including phenoxy) is 1. The molecule has 0 radical (unpaired) electrons. The molecule has 1 fully saturated rings. The van der Waals surface area contributed by atoms with E-state index in [4.69, 9.17) is 16.3 Å². The van der Waals surface area contributed by atoms with Crippen LogP contribution < -0.4 is 10.1 Å². The molecule has 0 aromatic heterocycles. The molecule has 2 amide bonds. The minimum atomic E-state index is -0.0970. The average molecular weight is 352 g/mol. The molecule has 2 heterocycles. The van der Waals surface area contributed by atoms with Gasteiger partial charge in [0, 0.05) is 36.8 Å². The summed E-state index contributed by atoms with van der Waals surface area (Å²) in [7, 11) is 0. The molecule has 2 aliphatic heterocycles. The Bertz CT molecular complexity index is 638. The number of carbonyl (C=O) groups excluding carboxylic acids is 2. The molecule has 2 aliphatic rings. The molecular weight excluding hydrogens is 330 g/mol. The van der Waals surface area contributed by atoms with Crippen LogP contribution in [0.1, 0.15) is 18.9 Å². The lowest BCUT2D eigenvalue weighted by Gasteiger charge is -2.30. The zero-order valence-corrected chi connectivity index (χ0v) is 14.5. The lowest BCUT2D eigenvalue weighted by Crippen LogP contribution is -2.52. The molecule has 0 spiro atoms. The molecule has 3 rings (SSSR count). The van der Waals surface area contributed by atoms with Crippen LogP contribution in [0.5, 0.6) is 5.75 Å². The van der Waals surface area contributed by atoms with Gasteiger partial charge in [0.05, 0.1) is 13.1 Å². The van der Waals surface area contributed by atoms with Gasteiger partial charge in [-0.05, 0) is 18.6 Å². The van der Waals surface area contributed by atoms with Gasteiger partial charge < -0.3 is 15.0 Å². The molecule has 0 bridgehead atoms. The van der Waals surface area contributed by atoms with Crippen LogP contribution in [0.3, 0.4) is 0 Å². The van der Waals surface area contributed by atoms with Crippen LogP contribution in [0.4, 0.5) is 0 Å². The third kappa shape index (κ3) is 3.99. The molecule has 1 aromatic carbocycles. The molecule has 24 heavy (non-hydrogen) atoms. The highest BCUT2D eigenvalue weighted by Crippen LogP contribution is 2.29. The van der Waals surface area contributed by atoms with Crippen molar-refractivity contribution < 1.29 is 14.3 Å². The quantitative estimate of drug-likeness (QED) is 0.891. The van der Waals surface area contributed by atoms with Gasteiger partial charge in [-0.15, -0.1) is 0 Å². The van der Waals surface area contributed by atoms with Crippen LogP contribution in [0.2, 0.25) is 5.02 Å². The fourth-order valence-corrected chi connectivity index (χ4v) is 3.22. The number of fused-ring (bicyclic) bond motifs is 1. The second-order valence-electron chi connectivity index (χ2n) is 6.24.